The van der Waals surface area contributed by atoms with E-state index in [4.69, 9.17) is 5.11 Å². The number of urea groups is 1. The number of hydrogen-bond acceptors (Lipinski definition) is 4. The maximum absolute atomic E-state index is 12.4. The van der Waals surface area contributed by atoms with Crippen LogP contribution in [0.3, 0.4) is 0 Å². The van der Waals surface area contributed by atoms with Crippen LogP contribution in [0.1, 0.15) is 13.3 Å². The molecule has 0 spiro atoms. The fourth-order valence-electron chi connectivity index (χ4n) is 2.63. The lowest BCUT2D eigenvalue weighted by Crippen LogP contribution is -2.56. The number of hydrogen-bond donors (Lipinski definition) is 2. The fourth-order valence-corrected chi connectivity index (χ4v) is 2.63. The molecule has 0 aromatic rings. The maximum atomic E-state index is 12.4. The van der Waals surface area contributed by atoms with Crippen LogP contribution in [0.15, 0.2) is 0 Å². The van der Waals surface area contributed by atoms with E-state index >= 15 is 0 Å². The SMILES string of the molecule is CC(C(=O)O)N1CCN(C(=O)N2CCCNC(=O)C2)CC1. The second kappa shape index (κ2) is 6.75. The molecule has 0 saturated carbocycles. The standard InChI is InChI=1S/C13H22N4O4/c1-10(12(19)20)15-5-7-16(8-6-15)13(21)17-4-2-3-14-11(18)9-17/h10H,2-9H2,1H3,(H,14,18)(H,19,20). The number of aliphatic carboxylic acids is 1. The van der Waals surface area contributed by atoms with Crippen molar-refractivity contribution < 1.29 is 19.5 Å². The van der Waals surface area contributed by atoms with Crippen LogP contribution in [0.2, 0.25) is 0 Å². The molecule has 2 fully saturated rings. The lowest BCUT2D eigenvalue weighted by Gasteiger charge is -2.38. The monoisotopic (exact) mass is 298 g/mol. The maximum Gasteiger partial charge on any atom is 0.320 e. The molecule has 8 nitrogen and oxygen atoms in total. The van der Waals surface area contributed by atoms with Crippen LogP contribution >= 0.6 is 0 Å². The van der Waals surface area contributed by atoms with Crippen LogP contribution in [-0.2, 0) is 9.59 Å². The van der Waals surface area contributed by atoms with Gasteiger partial charge in [-0.1, -0.05) is 0 Å². The van der Waals surface area contributed by atoms with E-state index in [9.17, 15) is 14.4 Å². The molecule has 0 bridgehead atoms. The van der Waals surface area contributed by atoms with E-state index in [0.29, 0.717) is 39.3 Å². The predicted octanol–water partition coefficient (Wildman–Crippen LogP) is -0.981. The minimum absolute atomic E-state index is 0.102. The number of rotatable bonds is 2. The average Bonchev–Trinajstić information content (AvgIpc) is 2.70. The van der Waals surface area contributed by atoms with Crippen molar-refractivity contribution >= 4 is 17.9 Å². The molecular formula is C13H22N4O4. The molecule has 2 N–H and O–H groups in total. The van der Waals surface area contributed by atoms with Crippen LogP contribution in [0, 0.1) is 0 Å². The van der Waals surface area contributed by atoms with E-state index in [1.54, 1.807) is 16.7 Å². The van der Waals surface area contributed by atoms with Crippen molar-refractivity contribution in [1.29, 1.82) is 0 Å². The number of carboxylic acid groups (broad SMARTS) is 1. The molecule has 3 amide bonds. The number of nitrogens with zero attached hydrogens (tertiary/aromatic N) is 3. The number of carbonyl (C=O) groups excluding carboxylic acids is 2. The lowest BCUT2D eigenvalue weighted by atomic mass is 10.2. The van der Waals surface area contributed by atoms with Crippen molar-refractivity contribution in [3.8, 4) is 0 Å². The quantitative estimate of drug-likeness (QED) is 0.683. The van der Waals surface area contributed by atoms with Crippen molar-refractivity contribution in [2.75, 3.05) is 45.8 Å². The molecule has 2 aliphatic heterocycles. The summed E-state index contributed by atoms with van der Waals surface area (Å²) in [6.45, 7) is 5.00. The zero-order valence-electron chi connectivity index (χ0n) is 12.2. The van der Waals surface area contributed by atoms with Gasteiger partial charge in [-0.3, -0.25) is 14.5 Å². The topological polar surface area (TPSA) is 93.2 Å². The van der Waals surface area contributed by atoms with Crippen molar-refractivity contribution in [3.05, 3.63) is 0 Å². The van der Waals surface area contributed by atoms with Gasteiger partial charge < -0.3 is 20.2 Å². The molecule has 2 rings (SSSR count). The van der Waals surface area contributed by atoms with Gasteiger partial charge in [0.25, 0.3) is 0 Å². The first-order chi connectivity index (χ1) is 9.99. The van der Waals surface area contributed by atoms with Gasteiger partial charge in [-0.25, -0.2) is 4.79 Å². The smallest absolute Gasteiger partial charge is 0.320 e. The zero-order chi connectivity index (χ0) is 15.4. The second-order valence-corrected chi connectivity index (χ2v) is 5.44. The van der Waals surface area contributed by atoms with E-state index in [-0.39, 0.29) is 18.5 Å². The molecule has 0 aliphatic carbocycles. The zero-order valence-corrected chi connectivity index (χ0v) is 12.2. The summed E-state index contributed by atoms with van der Waals surface area (Å²) in [5.74, 6) is -0.974. The van der Waals surface area contributed by atoms with Gasteiger partial charge in [0, 0.05) is 39.3 Å². The van der Waals surface area contributed by atoms with Gasteiger partial charge in [0.2, 0.25) is 5.91 Å². The highest BCUT2D eigenvalue weighted by Gasteiger charge is 2.30. The second-order valence-electron chi connectivity index (χ2n) is 5.44. The number of piperazine rings is 1. The van der Waals surface area contributed by atoms with Crippen molar-refractivity contribution in [1.82, 2.24) is 20.0 Å². The molecule has 0 radical (unpaired) electrons. The largest absolute Gasteiger partial charge is 0.480 e. The Bertz CT molecular complexity index is 420. The molecular weight excluding hydrogens is 276 g/mol. The summed E-state index contributed by atoms with van der Waals surface area (Å²) in [6.07, 6.45) is 0.757. The summed E-state index contributed by atoms with van der Waals surface area (Å²) in [5.41, 5.74) is 0. The van der Waals surface area contributed by atoms with Gasteiger partial charge in [-0.05, 0) is 13.3 Å². The Morgan fingerprint density at radius 3 is 2.43 bits per heavy atom. The first kappa shape index (κ1) is 15.6. The highest BCUT2D eigenvalue weighted by molar-refractivity contribution is 5.84. The summed E-state index contributed by atoms with van der Waals surface area (Å²) in [5, 5.41) is 11.7. The Hall–Kier alpha value is -1.83. The molecule has 8 heteroatoms. The fraction of sp³-hybridized carbons (Fsp3) is 0.769. The number of amides is 3. The Morgan fingerprint density at radius 2 is 1.81 bits per heavy atom. The molecule has 2 saturated heterocycles. The molecule has 2 aliphatic rings. The van der Waals surface area contributed by atoms with Crippen molar-refractivity contribution in [3.63, 3.8) is 0 Å². The van der Waals surface area contributed by atoms with Crippen LogP contribution in [-0.4, -0.2) is 89.6 Å². The Balaban J connectivity index is 1.87. The average molecular weight is 298 g/mol. The van der Waals surface area contributed by atoms with E-state index in [1.807, 2.05) is 4.90 Å². The molecule has 0 aromatic carbocycles. The molecule has 0 aromatic heterocycles. The summed E-state index contributed by atoms with van der Waals surface area (Å²) < 4.78 is 0. The van der Waals surface area contributed by atoms with Crippen molar-refractivity contribution in [2.45, 2.75) is 19.4 Å². The summed E-state index contributed by atoms with van der Waals surface area (Å²) >= 11 is 0. The van der Waals surface area contributed by atoms with Gasteiger partial charge in [0.1, 0.15) is 12.6 Å². The van der Waals surface area contributed by atoms with Crippen LogP contribution < -0.4 is 5.32 Å². The third kappa shape index (κ3) is 3.84. The van der Waals surface area contributed by atoms with Gasteiger partial charge >= 0.3 is 12.0 Å². The van der Waals surface area contributed by atoms with Crippen LogP contribution in [0.4, 0.5) is 4.79 Å². The predicted molar refractivity (Wildman–Crippen MR) is 74.8 cm³/mol. The first-order valence-corrected chi connectivity index (χ1v) is 7.26. The minimum Gasteiger partial charge on any atom is -0.480 e. The van der Waals surface area contributed by atoms with E-state index in [2.05, 4.69) is 5.32 Å². The van der Waals surface area contributed by atoms with E-state index < -0.39 is 12.0 Å². The minimum atomic E-state index is -0.848. The third-order valence-corrected chi connectivity index (χ3v) is 4.02. The molecule has 21 heavy (non-hydrogen) atoms. The molecule has 1 atom stereocenters. The third-order valence-electron chi connectivity index (χ3n) is 4.02. The highest BCUT2D eigenvalue weighted by Crippen LogP contribution is 2.10. The molecule has 1 unspecified atom stereocenters. The number of carbonyl (C=O) groups is 3. The van der Waals surface area contributed by atoms with Crippen molar-refractivity contribution in [2.24, 2.45) is 0 Å². The van der Waals surface area contributed by atoms with Gasteiger partial charge in [0.15, 0.2) is 0 Å². The molecule has 118 valence electrons. The summed E-state index contributed by atoms with van der Waals surface area (Å²) in [6, 6.07) is -0.666. The van der Waals surface area contributed by atoms with Gasteiger partial charge in [-0.15, -0.1) is 0 Å². The Kier molecular flexibility index (Phi) is 5.00. The van der Waals surface area contributed by atoms with Gasteiger partial charge in [0.05, 0.1) is 0 Å². The van der Waals surface area contributed by atoms with Crippen LogP contribution in [0.25, 0.3) is 0 Å². The molecule has 2 heterocycles. The normalized spacial score (nSPS) is 22.4. The summed E-state index contributed by atoms with van der Waals surface area (Å²) in [4.78, 5) is 40.0. The van der Waals surface area contributed by atoms with Gasteiger partial charge in [-0.2, -0.15) is 0 Å². The number of carboxylic acids is 1. The Labute approximate surface area is 123 Å². The highest BCUT2D eigenvalue weighted by atomic mass is 16.4. The van der Waals surface area contributed by atoms with Crippen LogP contribution in [0.5, 0.6) is 0 Å². The lowest BCUT2D eigenvalue weighted by molar-refractivity contribution is -0.143. The summed E-state index contributed by atoms with van der Waals surface area (Å²) in [7, 11) is 0. The first-order valence-electron chi connectivity index (χ1n) is 7.26. The number of nitrogens with one attached hydrogen (secondary N) is 1. The Morgan fingerprint density at radius 1 is 1.14 bits per heavy atom. The van der Waals surface area contributed by atoms with E-state index in [1.165, 1.54) is 0 Å². The van der Waals surface area contributed by atoms with E-state index in [0.717, 1.165) is 6.42 Å².